The molecule has 1 aromatic carbocycles. The summed E-state index contributed by atoms with van der Waals surface area (Å²) >= 11 is 0. The average molecular weight is 348 g/mol. The molecule has 25 heavy (non-hydrogen) atoms. The lowest BCUT2D eigenvalue weighted by Crippen LogP contribution is -2.48. The Morgan fingerprint density at radius 2 is 1.96 bits per heavy atom. The van der Waals surface area contributed by atoms with Gasteiger partial charge in [-0.05, 0) is 30.5 Å². The van der Waals surface area contributed by atoms with Crippen LogP contribution < -0.4 is 5.32 Å². The molecule has 2 N–H and O–H groups in total. The van der Waals surface area contributed by atoms with Crippen molar-refractivity contribution < 1.29 is 19.1 Å². The van der Waals surface area contributed by atoms with Crippen LogP contribution in [0.3, 0.4) is 0 Å². The summed E-state index contributed by atoms with van der Waals surface area (Å²) in [6.45, 7) is 6.55. The highest BCUT2D eigenvalue weighted by Crippen LogP contribution is 2.31. The van der Waals surface area contributed by atoms with Crippen molar-refractivity contribution in [2.75, 3.05) is 13.1 Å². The van der Waals surface area contributed by atoms with Crippen LogP contribution in [0.1, 0.15) is 26.3 Å². The third-order valence-electron chi connectivity index (χ3n) is 4.48. The lowest BCUT2D eigenvalue weighted by molar-refractivity contribution is -0.130. The van der Waals surface area contributed by atoms with E-state index in [1.54, 1.807) is 24.0 Å². The molecule has 0 radical (unpaired) electrons. The maximum Gasteiger partial charge on any atom is 0.254 e. The van der Waals surface area contributed by atoms with Crippen LogP contribution in [0.4, 0.5) is 4.39 Å². The number of halogens is 1. The van der Waals surface area contributed by atoms with Crippen LogP contribution in [0.2, 0.25) is 0 Å². The molecule has 1 aliphatic rings. The Morgan fingerprint density at radius 3 is 2.48 bits per heavy atom. The van der Waals surface area contributed by atoms with Gasteiger partial charge in [0.2, 0.25) is 0 Å². The van der Waals surface area contributed by atoms with E-state index in [-0.39, 0.29) is 30.1 Å². The Morgan fingerprint density at radius 1 is 1.32 bits per heavy atom. The molecular formula is C19H25FN2O3. The van der Waals surface area contributed by atoms with Gasteiger partial charge in [-0.2, -0.15) is 0 Å². The number of rotatable bonds is 7. The highest BCUT2D eigenvalue weighted by Gasteiger charge is 2.36. The third kappa shape index (κ3) is 4.45. The number of hydrogen-bond acceptors (Lipinski definition) is 4. The quantitative estimate of drug-likeness (QED) is 0.738. The van der Waals surface area contributed by atoms with E-state index in [1.165, 1.54) is 12.1 Å². The molecule has 0 spiro atoms. The molecule has 1 aromatic rings. The summed E-state index contributed by atoms with van der Waals surface area (Å²) in [5, 5.41) is 13.2. The van der Waals surface area contributed by atoms with Gasteiger partial charge in [0.15, 0.2) is 0 Å². The number of benzene rings is 1. The van der Waals surface area contributed by atoms with Crippen molar-refractivity contribution in [3.05, 3.63) is 46.9 Å². The second-order valence-electron chi connectivity index (χ2n) is 6.71. The fourth-order valence-corrected chi connectivity index (χ4v) is 3.17. The molecule has 0 aliphatic carbocycles. The minimum absolute atomic E-state index is 0.0114. The van der Waals surface area contributed by atoms with E-state index in [1.807, 2.05) is 13.8 Å². The van der Waals surface area contributed by atoms with E-state index in [0.29, 0.717) is 24.4 Å². The van der Waals surface area contributed by atoms with Crippen molar-refractivity contribution in [1.82, 2.24) is 10.2 Å². The van der Waals surface area contributed by atoms with E-state index in [4.69, 9.17) is 0 Å². The Labute approximate surface area is 147 Å². The highest BCUT2D eigenvalue weighted by molar-refractivity contribution is 5.96. The van der Waals surface area contributed by atoms with Crippen molar-refractivity contribution in [2.24, 2.45) is 11.8 Å². The van der Waals surface area contributed by atoms with E-state index >= 15 is 0 Å². The van der Waals surface area contributed by atoms with E-state index in [9.17, 15) is 19.1 Å². The third-order valence-corrected chi connectivity index (χ3v) is 4.48. The first-order valence-electron chi connectivity index (χ1n) is 8.48. The summed E-state index contributed by atoms with van der Waals surface area (Å²) in [6, 6.07) is 6.04. The normalized spacial score (nSPS) is 19.4. The fraction of sp³-hybridized carbons (Fsp3) is 0.474. The molecule has 0 saturated carbocycles. The first-order chi connectivity index (χ1) is 11.8. The lowest BCUT2D eigenvalue weighted by atomic mass is 9.84. The number of hydrogen-bond donors (Lipinski definition) is 2. The van der Waals surface area contributed by atoms with Crippen LogP contribution in [0, 0.1) is 17.7 Å². The van der Waals surface area contributed by atoms with Crippen LogP contribution in [-0.4, -0.2) is 41.4 Å². The highest BCUT2D eigenvalue weighted by atomic mass is 19.1. The second-order valence-corrected chi connectivity index (χ2v) is 6.71. The Balaban J connectivity index is 2.35. The van der Waals surface area contributed by atoms with Gasteiger partial charge in [0, 0.05) is 24.7 Å². The molecule has 2 unspecified atom stereocenters. The van der Waals surface area contributed by atoms with Crippen LogP contribution in [0.15, 0.2) is 35.5 Å². The Hall–Kier alpha value is -2.21. The summed E-state index contributed by atoms with van der Waals surface area (Å²) in [5.41, 5.74) is 1.78. The Bertz CT molecular complexity index is 653. The maximum atomic E-state index is 13.1. The summed E-state index contributed by atoms with van der Waals surface area (Å²) in [7, 11) is 0. The largest absolute Gasteiger partial charge is 0.388 e. The zero-order valence-corrected chi connectivity index (χ0v) is 14.8. The number of aldehydes is 1. The number of aliphatic hydroxyl groups excluding tert-OH is 1. The van der Waals surface area contributed by atoms with Gasteiger partial charge in [0.05, 0.1) is 18.2 Å². The minimum atomic E-state index is -0.945. The first kappa shape index (κ1) is 19.1. The van der Waals surface area contributed by atoms with E-state index in [2.05, 4.69) is 5.32 Å². The molecule has 0 fully saturated rings. The molecule has 1 aliphatic heterocycles. The van der Waals surface area contributed by atoms with Crippen molar-refractivity contribution in [2.45, 2.75) is 33.4 Å². The van der Waals surface area contributed by atoms with Crippen LogP contribution in [0.5, 0.6) is 0 Å². The topological polar surface area (TPSA) is 69.6 Å². The van der Waals surface area contributed by atoms with Crippen molar-refractivity contribution in [3.8, 4) is 0 Å². The average Bonchev–Trinajstić information content (AvgIpc) is 2.56. The molecule has 1 heterocycles. The van der Waals surface area contributed by atoms with Crippen LogP contribution >= 0.6 is 0 Å². The zero-order valence-electron chi connectivity index (χ0n) is 14.8. The van der Waals surface area contributed by atoms with Crippen molar-refractivity contribution in [3.63, 3.8) is 0 Å². The minimum Gasteiger partial charge on any atom is -0.388 e. The Kier molecular flexibility index (Phi) is 6.31. The van der Waals surface area contributed by atoms with Gasteiger partial charge >= 0.3 is 0 Å². The van der Waals surface area contributed by atoms with Gasteiger partial charge in [-0.25, -0.2) is 4.39 Å². The molecule has 5 nitrogen and oxygen atoms in total. The van der Waals surface area contributed by atoms with Crippen molar-refractivity contribution in [1.29, 1.82) is 0 Å². The number of carbonyl (C=O) groups is 2. The van der Waals surface area contributed by atoms with Gasteiger partial charge in [-0.15, -0.1) is 0 Å². The van der Waals surface area contributed by atoms with Gasteiger partial charge < -0.3 is 20.1 Å². The maximum absolute atomic E-state index is 13.1. The summed E-state index contributed by atoms with van der Waals surface area (Å²) in [4.78, 5) is 25.3. The molecule has 1 amide bonds. The number of nitrogens with one attached hydrogen (secondary N) is 1. The zero-order chi connectivity index (χ0) is 18.6. The molecular weight excluding hydrogens is 323 g/mol. The van der Waals surface area contributed by atoms with Gasteiger partial charge in [0.25, 0.3) is 5.91 Å². The van der Waals surface area contributed by atoms with E-state index in [0.717, 1.165) is 11.8 Å². The lowest BCUT2D eigenvalue weighted by Gasteiger charge is -2.39. The summed E-state index contributed by atoms with van der Waals surface area (Å²) < 4.78 is 13.1. The molecule has 0 aromatic heterocycles. The SMILES string of the molecule is CC(O)C1=C(NCC=O)C(C(C)C)CN(Cc2ccc(F)cc2)C1=O. The molecule has 2 rings (SSSR count). The monoisotopic (exact) mass is 348 g/mol. The summed E-state index contributed by atoms with van der Waals surface area (Å²) in [5.74, 6) is -0.377. The molecule has 136 valence electrons. The fourth-order valence-electron chi connectivity index (χ4n) is 3.17. The van der Waals surface area contributed by atoms with Gasteiger partial charge in [0.1, 0.15) is 12.1 Å². The van der Waals surface area contributed by atoms with Gasteiger partial charge in [-0.3, -0.25) is 4.79 Å². The molecule has 2 atom stereocenters. The van der Waals surface area contributed by atoms with E-state index < -0.39 is 6.10 Å². The standard InChI is InChI=1S/C19H25FN2O3/c1-12(2)16-11-22(10-14-4-6-15(20)7-5-14)19(25)17(13(3)24)18(16)21-8-9-23/h4-7,9,12-13,16,21,24H,8,10-11H2,1-3H3. The van der Waals surface area contributed by atoms with Crippen molar-refractivity contribution >= 4 is 12.2 Å². The first-order valence-corrected chi connectivity index (χ1v) is 8.48. The van der Waals surface area contributed by atoms with Gasteiger partial charge in [-0.1, -0.05) is 26.0 Å². The number of nitrogens with zero attached hydrogens (tertiary/aromatic N) is 1. The predicted molar refractivity (Wildman–Crippen MR) is 92.9 cm³/mol. The molecule has 0 saturated heterocycles. The molecule has 6 heteroatoms. The number of amides is 1. The van der Waals surface area contributed by atoms with Crippen LogP contribution in [-0.2, 0) is 16.1 Å². The number of carbonyl (C=O) groups excluding carboxylic acids is 2. The second kappa shape index (κ2) is 8.25. The molecule has 0 bridgehead atoms. The van der Waals surface area contributed by atoms with Crippen LogP contribution in [0.25, 0.3) is 0 Å². The number of aliphatic hydroxyl groups is 1. The summed E-state index contributed by atoms with van der Waals surface area (Å²) in [6.07, 6.45) is -0.210. The predicted octanol–water partition coefficient (Wildman–Crippen LogP) is 1.86. The smallest absolute Gasteiger partial charge is 0.254 e.